The van der Waals surface area contributed by atoms with E-state index in [2.05, 4.69) is 17.3 Å². The molecule has 0 spiro atoms. The highest BCUT2D eigenvalue weighted by Crippen LogP contribution is 2.42. The first-order valence-corrected chi connectivity index (χ1v) is 7.15. The van der Waals surface area contributed by atoms with Crippen LogP contribution in [0.2, 0.25) is 0 Å². The summed E-state index contributed by atoms with van der Waals surface area (Å²) in [4.78, 5) is 4.22. The number of hydrogen-bond donors (Lipinski definition) is 2. The Bertz CT molecular complexity index is 431. The summed E-state index contributed by atoms with van der Waals surface area (Å²) in [6.07, 6.45) is 7.83. The van der Waals surface area contributed by atoms with Crippen LogP contribution >= 0.6 is 0 Å². The van der Waals surface area contributed by atoms with E-state index in [0.717, 1.165) is 42.9 Å². The summed E-state index contributed by atoms with van der Waals surface area (Å²) >= 11 is 0. The van der Waals surface area contributed by atoms with Crippen molar-refractivity contribution in [3.63, 3.8) is 0 Å². The Labute approximate surface area is 120 Å². The van der Waals surface area contributed by atoms with Crippen LogP contribution in [-0.2, 0) is 4.74 Å². The number of ether oxygens (including phenoxy) is 2. The fourth-order valence-corrected chi connectivity index (χ4v) is 3.12. The van der Waals surface area contributed by atoms with Crippen molar-refractivity contribution in [2.45, 2.75) is 44.2 Å². The molecule has 1 aromatic rings. The Balaban J connectivity index is 2.29. The zero-order valence-electron chi connectivity index (χ0n) is 12.6. The lowest BCUT2D eigenvalue weighted by Crippen LogP contribution is -2.50. The lowest BCUT2D eigenvalue weighted by molar-refractivity contribution is -0.0762. The first kappa shape index (κ1) is 15.2. The Morgan fingerprint density at radius 1 is 1.35 bits per heavy atom. The van der Waals surface area contributed by atoms with Crippen molar-refractivity contribution < 1.29 is 9.47 Å². The minimum atomic E-state index is -0.269. The molecule has 0 radical (unpaired) electrons. The summed E-state index contributed by atoms with van der Waals surface area (Å²) in [5.74, 6) is 7.31. The van der Waals surface area contributed by atoms with E-state index < -0.39 is 0 Å². The molecule has 1 atom stereocenters. The minimum Gasteiger partial charge on any atom is -0.495 e. The zero-order chi connectivity index (χ0) is 14.6. The van der Waals surface area contributed by atoms with E-state index in [-0.39, 0.29) is 11.6 Å². The van der Waals surface area contributed by atoms with Crippen LogP contribution in [-0.4, -0.2) is 24.8 Å². The monoisotopic (exact) mass is 279 g/mol. The van der Waals surface area contributed by atoms with Gasteiger partial charge in [-0.1, -0.05) is 6.92 Å². The van der Waals surface area contributed by atoms with Gasteiger partial charge in [-0.05, 0) is 43.2 Å². The van der Waals surface area contributed by atoms with Crippen molar-refractivity contribution in [2.24, 2.45) is 11.8 Å². The van der Waals surface area contributed by atoms with Gasteiger partial charge < -0.3 is 9.47 Å². The lowest BCUT2D eigenvalue weighted by atomic mass is 9.74. The van der Waals surface area contributed by atoms with Crippen LogP contribution in [0.1, 0.15) is 44.2 Å². The van der Waals surface area contributed by atoms with E-state index in [1.807, 2.05) is 12.3 Å². The van der Waals surface area contributed by atoms with E-state index in [9.17, 15) is 0 Å². The Hall–Kier alpha value is -1.17. The quantitative estimate of drug-likeness (QED) is 0.638. The number of aromatic nitrogens is 1. The maximum Gasteiger partial charge on any atom is 0.137 e. The van der Waals surface area contributed by atoms with Gasteiger partial charge in [-0.15, -0.1) is 0 Å². The van der Waals surface area contributed by atoms with Crippen molar-refractivity contribution in [1.82, 2.24) is 10.4 Å². The summed E-state index contributed by atoms with van der Waals surface area (Å²) in [6.45, 7) is 2.29. The molecule has 1 fully saturated rings. The van der Waals surface area contributed by atoms with Crippen molar-refractivity contribution in [3.05, 3.63) is 24.0 Å². The molecule has 20 heavy (non-hydrogen) atoms. The number of nitrogens with one attached hydrogen (secondary N) is 1. The number of hydrogen-bond acceptors (Lipinski definition) is 5. The van der Waals surface area contributed by atoms with Crippen LogP contribution in [0.25, 0.3) is 0 Å². The third-order valence-electron chi connectivity index (χ3n) is 4.52. The van der Waals surface area contributed by atoms with Gasteiger partial charge in [0.15, 0.2) is 0 Å². The molecular formula is C15H25N3O2. The second-order valence-electron chi connectivity index (χ2n) is 5.71. The molecule has 2 rings (SSSR count). The maximum absolute atomic E-state index is 5.90. The van der Waals surface area contributed by atoms with Gasteiger partial charge in [-0.2, -0.15) is 0 Å². The number of methoxy groups -OCH3 is 2. The number of nitrogens with zero attached hydrogens (tertiary/aromatic N) is 1. The van der Waals surface area contributed by atoms with Gasteiger partial charge in [0.2, 0.25) is 0 Å². The van der Waals surface area contributed by atoms with Gasteiger partial charge in [-0.3, -0.25) is 16.3 Å². The predicted octanol–water partition coefficient (Wildman–Crippen LogP) is 2.19. The fourth-order valence-electron chi connectivity index (χ4n) is 3.12. The second-order valence-corrected chi connectivity index (χ2v) is 5.71. The molecule has 0 aliphatic heterocycles. The standard InChI is InChI=1S/C15H25N3O2/c1-11-4-6-15(20-3,7-5-11)14(18-16)12-8-13(19-2)10-17-9-12/h8-11,14,18H,4-7,16H2,1-3H3. The molecule has 0 aromatic carbocycles. The fraction of sp³-hybridized carbons (Fsp3) is 0.667. The average molecular weight is 279 g/mol. The van der Waals surface area contributed by atoms with Crippen molar-refractivity contribution >= 4 is 0 Å². The van der Waals surface area contributed by atoms with Crippen LogP contribution < -0.4 is 16.0 Å². The molecule has 3 N–H and O–H groups in total. The summed E-state index contributed by atoms with van der Waals surface area (Å²) in [5, 5.41) is 0. The zero-order valence-corrected chi connectivity index (χ0v) is 12.6. The highest BCUT2D eigenvalue weighted by atomic mass is 16.5. The smallest absolute Gasteiger partial charge is 0.137 e. The van der Waals surface area contributed by atoms with Gasteiger partial charge in [0.1, 0.15) is 5.75 Å². The van der Waals surface area contributed by atoms with Gasteiger partial charge in [0, 0.05) is 13.3 Å². The Morgan fingerprint density at radius 3 is 2.60 bits per heavy atom. The van der Waals surface area contributed by atoms with Crippen LogP contribution in [0.15, 0.2) is 18.5 Å². The molecular weight excluding hydrogens is 254 g/mol. The maximum atomic E-state index is 5.90. The van der Waals surface area contributed by atoms with Gasteiger partial charge in [-0.25, -0.2) is 0 Å². The van der Waals surface area contributed by atoms with E-state index in [1.165, 1.54) is 0 Å². The van der Waals surface area contributed by atoms with E-state index in [4.69, 9.17) is 15.3 Å². The van der Waals surface area contributed by atoms with Crippen molar-refractivity contribution in [1.29, 1.82) is 0 Å². The molecule has 5 heteroatoms. The van der Waals surface area contributed by atoms with Gasteiger partial charge in [0.25, 0.3) is 0 Å². The molecule has 1 aromatic heterocycles. The molecule has 1 saturated carbocycles. The predicted molar refractivity (Wildman–Crippen MR) is 78.2 cm³/mol. The second kappa shape index (κ2) is 6.52. The molecule has 0 bridgehead atoms. The molecule has 1 aliphatic rings. The van der Waals surface area contributed by atoms with Gasteiger partial charge in [0.05, 0.1) is 24.9 Å². The molecule has 0 saturated heterocycles. The minimum absolute atomic E-state index is 0.0809. The first-order valence-electron chi connectivity index (χ1n) is 7.15. The molecule has 0 amide bonds. The SMILES string of the molecule is COc1cncc(C(NN)C2(OC)CCC(C)CC2)c1. The Kier molecular flexibility index (Phi) is 4.96. The number of pyridine rings is 1. The molecule has 1 heterocycles. The highest BCUT2D eigenvalue weighted by molar-refractivity contribution is 5.28. The average Bonchev–Trinajstić information content (AvgIpc) is 2.50. The van der Waals surface area contributed by atoms with Crippen molar-refractivity contribution in [3.8, 4) is 5.75 Å². The van der Waals surface area contributed by atoms with E-state index >= 15 is 0 Å². The van der Waals surface area contributed by atoms with Crippen LogP contribution in [0, 0.1) is 5.92 Å². The molecule has 5 nitrogen and oxygen atoms in total. The summed E-state index contributed by atoms with van der Waals surface area (Å²) < 4.78 is 11.1. The third kappa shape index (κ3) is 2.95. The normalized spacial score (nSPS) is 28.1. The summed E-state index contributed by atoms with van der Waals surface area (Å²) in [7, 11) is 3.41. The summed E-state index contributed by atoms with van der Waals surface area (Å²) in [5.41, 5.74) is 3.66. The van der Waals surface area contributed by atoms with Crippen molar-refractivity contribution in [2.75, 3.05) is 14.2 Å². The molecule has 112 valence electrons. The largest absolute Gasteiger partial charge is 0.495 e. The number of rotatable bonds is 5. The Morgan fingerprint density at radius 2 is 2.05 bits per heavy atom. The number of hydrazine groups is 1. The lowest BCUT2D eigenvalue weighted by Gasteiger charge is -2.43. The number of nitrogens with two attached hydrogens (primary N) is 1. The summed E-state index contributed by atoms with van der Waals surface area (Å²) in [6, 6.07) is 1.89. The third-order valence-corrected chi connectivity index (χ3v) is 4.52. The molecule has 1 aliphatic carbocycles. The van der Waals surface area contributed by atoms with Crippen LogP contribution in [0.5, 0.6) is 5.75 Å². The van der Waals surface area contributed by atoms with E-state index in [0.29, 0.717) is 0 Å². The topological polar surface area (TPSA) is 69.4 Å². The van der Waals surface area contributed by atoms with Crippen LogP contribution in [0.4, 0.5) is 0 Å². The van der Waals surface area contributed by atoms with E-state index in [1.54, 1.807) is 20.4 Å². The molecule has 1 unspecified atom stereocenters. The first-order chi connectivity index (χ1) is 9.65. The highest BCUT2D eigenvalue weighted by Gasteiger charge is 2.42. The van der Waals surface area contributed by atoms with Gasteiger partial charge >= 0.3 is 0 Å². The van der Waals surface area contributed by atoms with Crippen LogP contribution in [0.3, 0.4) is 0 Å².